The van der Waals surface area contributed by atoms with Crippen LogP contribution in [0.4, 0.5) is 0 Å². The summed E-state index contributed by atoms with van der Waals surface area (Å²) >= 11 is 0. The number of benzene rings is 2. The predicted molar refractivity (Wildman–Crippen MR) is 158 cm³/mol. The smallest absolute Gasteiger partial charge is 0.310 e. The van der Waals surface area contributed by atoms with Crippen molar-refractivity contribution in [2.45, 2.75) is 11.8 Å². The first-order valence-electron chi connectivity index (χ1n) is 14.7. The van der Waals surface area contributed by atoms with Gasteiger partial charge in [-0.2, -0.15) is 0 Å². The van der Waals surface area contributed by atoms with Gasteiger partial charge in [-0.25, -0.2) is 0 Å². The molecule has 0 spiro atoms. The standard InChI is InChI=1S/C32H44O12/c1-37-11-13-39-15-17-41-19-21-43-31(35)29-27(23-3-7-25(33)8-4-23)30(28(29)24-5-9-26(34)10-6-24)32(36)44-22-20-42-18-16-40-14-12-38-2/h3-10,27-30,33-34H,11-22H2,1-2H3. The zero-order chi connectivity index (χ0) is 31.6. The molecule has 2 aromatic carbocycles. The van der Waals surface area contributed by atoms with Crippen LogP contribution in [0.1, 0.15) is 23.0 Å². The summed E-state index contributed by atoms with van der Waals surface area (Å²) in [5.41, 5.74) is 1.38. The number of phenols is 2. The minimum Gasteiger partial charge on any atom is -0.508 e. The lowest BCUT2D eigenvalue weighted by Crippen LogP contribution is -2.52. The zero-order valence-corrected chi connectivity index (χ0v) is 25.4. The second-order valence-electron chi connectivity index (χ2n) is 10.1. The second kappa shape index (κ2) is 19.9. The fourth-order valence-corrected chi connectivity index (χ4v) is 5.08. The number of phenolic OH excluding ortho intramolecular Hbond substituents is 2. The molecular weight excluding hydrogens is 576 g/mol. The van der Waals surface area contributed by atoms with Gasteiger partial charge in [-0.05, 0) is 35.4 Å². The maximum absolute atomic E-state index is 13.5. The lowest BCUT2D eigenvalue weighted by molar-refractivity contribution is -0.169. The van der Waals surface area contributed by atoms with Crippen LogP contribution in [0.2, 0.25) is 0 Å². The van der Waals surface area contributed by atoms with Crippen LogP contribution in [0.25, 0.3) is 0 Å². The molecule has 0 heterocycles. The van der Waals surface area contributed by atoms with E-state index in [1.54, 1.807) is 38.5 Å². The molecule has 2 N–H and O–H groups in total. The van der Waals surface area contributed by atoms with Crippen LogP contribution in [0.5, 0.6) is 11.5 Å². The average molecular weight is 621 g/mol. The maximum Gasteiger partial charge on any atom is 0.310 e. The molecule has 0 bridgehead atoms. The second-order valence-corrected chi connectivity index (χ2v) is 10.1. The highest BCUT2D eigenvalue weighted by atomic mass is 16.6. The van der Waals surface area contributed by atoms with Gasteiger partial charge in [-0.1, -0.05) is 24.3 Å². The fraction of sp³-hybridized carbons (Fsp3) is 0.562. The van der Waals surface area contributed by atoms with Gasteiger partial charge >= 0.3 is 11.9 Å². The van der Waals surface area contributed by atoms with Crippen molar-refractivity contribution in [2.75, 3.05) is 93.5 Å². The van der Waals surface area contributed by atoms with Gasteiger partial charge in [0.05, 0.1) is 77.9 Å². The molecule has 1 fully saturated rings. The number of rotatable bonds is 22. The van der Waals surface area contributed by atoms with Crippen LogP contribution in [0.15, 0.2) is 48.5 Å². The lowest BCUT2D eigenvalue weighted by Gasteiger charge is -2.49. The summed E-state index contributed by atoms with van der Waals surface area (Å²) in [5, 5.41) is 19.7. The molecule has 0 saturated heterocycles. The molecule has 12 heteroatoms. The number of carbonyl (C=O) groups is 2. The summed E-state index contributed by atoms with van der Waals surface area (Å²) in [6, 6.07) is 12.8. The van der Waals surface area contributed by atoms with E-state index in [2.05, 4.69) is 0 Å². The summed E-state index contributed by atoms with van der Waals surface area (Å²) in [7, 11) is 3.19. The van der Waals surface area contributed by atoms with Crippen molar-refractivity contribution in [1.82, 2.24) is 0 Å². The van der Waals surface area contributed by atoms with Crippen molar-refractivity contribution in [1.29, 1.82) is 0 Å². The van der Waals surface area contributed by atoms with E-state index in [1.165, 1.54) is 24.3 Å². The Morgan fingerprint density at radius 3 is 1.11 bits per heavy atom. The first kappa shape index (κ1) is 35.2. The molecule has 0 radical (unpaired) electrons. The third-order valence-corrected chi connectivity index (χ3v) is 7.20. The fourth-order valence-electron chi connectivity index (χ4n) is 5.08. The van der Waals surface area contributed by atoms with Crippen molar-refractivity contribution in [3.05, 3.63) is 59.7 Å². The number of hydrogen-bond acceptors (Lipinski definition) is 12. The number of aromatic hydroxyl groups is 2. The number of hydrogen-bond donors (Lipinski definition) is 2. The Morgan fingerprint density at radius 1 is 0.500 bits per heavy atom. The van der Waals surface area contributed by atoms with Crippen LogP contribution >= 0.6 is 0 Å². The lowest BCUT2D eigenvalue weighted by atomic mass is 9.52. The van der Waals surface area contributed by atoms with Crippen LogP contribution in [0, 0.1) is 11.8 Å². The van der Waals surface area contributed by atoms with E-state index in [0.717, 1.165) is 0 Å². The molecular formula is C32H44O12. The summed E-state index contributed by atoms with van der Waals surface area (Å²) in [6.07, 6.45) is 0. The summed E-state index contributed by atoms with van der Waals surface area (Å²) in [5.74, 6) is -3.43. The Hall–Kier alpha value is -3.26. The quantitative estimate of drug-likeness (QED) is 0.147. The minimum absolute atomic E-state index is 0.0274. The SMILES string of the molecule is COCCOCCOCCOC(=O)C1C(c2ccc(O)cc2)C(C(=O)OCCOCCOCCOC)C1c1ccc(O)cc1. The number of methoxy groups -OCH3 is 2. The Bertz CT molecular complexity index is 996. The van der Waals surface area contributed by atoms with E-state index in [4.69, 9.17) is 37.9 Å². The van der Waals surface area contributed by atoms with Crippen molar-refractivity contribution < 1.29 is 57.7 Å². The normalized spacial score (nSPS) is 19.3. The molecule has 0 amide bonds. The van der Waals surface area contributed by atoms with Gasteiger partial charge in [-0.3, -0.25) is 9.59 Å². The largest absolute Gasteiger partial charge is 0.508 e. The topological polar surface area (TPSA) is 148 Å². The molecule has 0 atom stereocenters. The van der Waals surface area contributed by atoms with Gasteiger partial charge in [-0.15, -0.1) is 0 Å². The van der Waals surface area contributed by atoms with Crippen LogP contribution in [-0.2, 0) is 47.5 Å². The molecule has 12 nitrogen and oxygen atoms in total. The highest BCUT2D eigenvalue weighted by molar-refractivity contribution is 5.85. The third-order valence-electron chi connectivity index (χ3n) is 7.20. The van der Waals surface area contributed by atoms with E-state index in [1.807, 2.05) is 0 Å². The Morgan fingerprint density at radius 2 is 0.795 bits per heavy atom. The van der Waals surface area contributed by atoms with E-state index < -0.39 is 35.6 Å². The van der Waals surface area contributed by atoms with Crippen LogP contribution in [0.3, 0.4) is 0 Å². The molecule has 0 aromatic heterocycles. The van der Waals surface area contributed by atoms with Gasteiger partial charge in [0, 0.05) is 26.1 Å². The van der Waals surface area contributed by atoms with E-state index in [0.29, 0.717) is 64.0 Å². The molecule has 0 unspecified atom stereocenters. The van der Waals surface area contributed by atoms with E-state index in [-0.39, 0.29) is 37.9 Å². The molecule has 244 valence electrons. The van der Waals surface area contributed by atoms with Crippen LogP contribution < -0.4 is 0 Å². The predicted octanol–water partition coefficient (Wildman–Crippen LogP) is 2.66. The average Bonchev–Trinajstić information content (AvgIpc) is 3.01. The van der Waals surface area contributed by atoms with Gasteiger partial charge in [0.2, 0.25) is 0 Å². The summed E-state index contributed by atoms with van der Waals surface area (Å²) in [4.78, 5) is 27.0. The third kappa shape index (κ3) is 11.0. The van der Waals surface area contributed by atoms with Gasteiger partial charge in [0.1, 0.15) is 24.7 Å². The Labute approximate surface area is 258 Å². The van der Waals surface area contributed by atoms with Crippen molar-refractivity contribution in [3.63, 3.8) is 0 Å². The molecule has 0 aliphatic heterocycles. The van der Waals surface area contributed by atoms with Gasteiger partial charge in [0.25, 0.3) is 0 Å². The minimum atomic E-state index is -0.723. The first-order valence-corrected chi connectivity index (χ1v) is 14.7. The zero-order valence-electron chi connectivity index (χ0n) is 25.4. The van der Waals surface area contributed by atoms with Gasteiger partial charge in [0.15, 0.2) is 0 Å². The summed E-state index contributed by atoms with van der Waals surface area (Å²) in [6.45, 7) is 3.82. The monoisotopic (exact) mass is 620 g/mol. The molecule has 44 heavy (non-hydrogen) atoms. The molecule has 1 saturated carbocycles. The van der Waals surface area contributed by atoms with E-state index in [9.17, 15) is 19.8 Å². The number of carbonyl (C=O) groups excluding carboxylic acids is 2. The van der Waals surface area contributed by atoms with Crippen molar-refractivity contribution in [3.8, 4) is 11.5 Å². The first-order chi connectivity index (χ1) is 21.5. The maximum atomic E-state index is 13.5. The number of esters is 2. The van der Waals surface area contributed by atoms with Gasteiger partial charge < -0.3 is 48.1 Å². The van der Waals surface area contributed by atoms with Crippen LogP contribution in [-0.4, -0.2) is 116 Å². The Kier molecular flexibility index (Phi) is 15.9. The Balaban J connectivity index is 1.65. The highest BCUT2D eigenvalue weighted by Crippen LogP contribution is 2.58. The molecule has 1 aliphatic carbocycles. The molecule has 2 aromatic rings. The summed E-state index contributed by atoms with van der Waals surface area (Å²) < 4.78 is 42.8. The van der Waals surface area contributed by atoms with Crippen molar-refractivity contribution in [2.24, 2.45) is 11.8 Å². The number of ether oxygens (including phenoxy) is 8. The molecule has 1 aliphatic rings. The van der Waals surface area contributed by atoms with E-state index >= 15 is 0 Å². The van der Waals surface area contributed by atoms with Crippen molar-refractivity contribution >= 4 is 11.9 Å². The molecule has 3 rings (SSSR count). The highest BCUT2D eigenvalue weighted by Gasteiger charge is 2.59.